The van der Waals surface area contributed by atoms with Crippen LogP contribution in [0.4, 0.5) is 5.82 Å². The molecule has 0 atom stereocenters. The minimum Gasteiger partial charge on any atom is -0.305 e. The molecule has 124 valence electrons. The SMILES string of the molecule is CCn1nc(NC(=O)c2ccccc2)c2cc3ccc(C)cc3nc21. The van der Waals surface area contributed by atoms with Gasteiger partial charge in [-0.25, -0.2) is 9.67 Å². The summed E-state index contributed by atoms with van der Waals surface area (Å²) < 4.78 is 1.82. The van der Waals surface area contributed by atoms with Gasteiger partial charge in [-0.1, -0.05) is 30.3 Å². The molecule has 0 spiro atoms. The summed E-state index contributed by atoms with van der Waals surface area (Å²) in [4.78, 5) is 17.2. The molecule has 4 rings (SSSR count). The number of carbonyl (C=O) groups excluding carboxylic acids is 1. The van der Waals surface area contributed by atoms with Crippen LogP contribution in [0.5, 0.6) is 0 Å². The van der Waals surface area contributed by atoms with E-state index in [0.29, 0.717) is 17.9 Å². The minimum atomic E-state index is -0.174. The third-order valence-corrected chi connectivity index (χ3v) is 4.24. The van der Waals surface area contributed by atoms with E-state index >= 15 is 0 Å². The number of amides is 1. The predicted octanol–water partition coefficient (Wildman–Crippen LogP) is 4.17. The maximum absolute atomic E-state index is 12.5. The van der Waals surface area contributed by atoms with Gasteiger partial charge in [-0.2, -0.15) is 5.10 Å². The second kappa shape index (κ2) is 6.02. The van der Waals surface area contributed by atoms with Gasteiger partial charge in [0.05, 0.1) is 10.9 Å². The molecule has 2 aromatic heterocycles. The molecule has 25 heavy (non-hydrogen) atoms. The zero-order valence-electron chi connectivity index (χ0n) is 14.2. The van der Waals surface area contributed by atoms with Crippen molar-refractivity contribution in [3.8, 4) is 0 Å². The van der Waals surface area contributed by atoms with Crippen molar-refractivity contribution in [1.82, 2.24) is 14.8 Å². The number of rotatable bonds is 3. The van der Waals surface area contributed by atoms with E-state index in [0.717, 1.165) is 21.9 Å². The highest BCUT2D eigenvalue weighted by molar-refractivity contribution is 6.08. The van der Waals surface area contributed by atoms with Crippen molar-refractivity contribution < 1.29 is 4.79 Å². The number of fused-ring (bicyclic) bond motifs is 2. The van der Waals surface area contributed by atoms with Crippen LogP contribution < -0.4 is 5.32 Å². The Morgan fingerprint density at radius 3 is 2.68 bits per heavy atom. The van der Waals surface area contributed by atoms with E-state index in [-0.39, 0.29) is 5.91 Å². The summed E-state index contributed by atoms with van der Waals surface area (Å²) in [5.74, 6) is 0.368. The van der Waals surface area contributed by atoms with Crippen LogP contribution in [-0.4, -0.2) is 20.7 Å². The molecule has 0 aliphatic carbocycles. The second-order valence-corrected chi connectivity index (χ2v) is 6.04. The largest absolute Gasteiger partial charge is 0.305 e. The van der Waals surface area contributed by atoms with Crippen molar-refractivity contribution in [2.75, 3.05) is 5.32 Å². The van der Waals surface area contributed by atoms with Crippen LogP contribution in [0.1, 0.15) is 22.8 Å². The van der Waals surface area contributed by atoms with Crippen LogP contribution in [-0.2, 0) is 6.54 Å². The van der Waals surface area contributed by atoms with E-state index in [4.69, 9.17) is 4.98 Å². The van der Waals surface area contributed by atoms with Crippen molar-refractivity contribution in [2.24, 2.45) is 0 Å². The van der Waals surface area contributed by atoms with Crippen molar-refractivity contribution in [3.63, 3.8) is 0 Å². The highest BCUT2D eigenvalue weighted by atomic mass is 16.1. The molecular formula is C20H18N4O. The highest BCUT2D eigenvalue weighted by Crippen LogP contribution is 2.26. The standard InChI is InChI=1S/C20H18N4O/c1-3-24-19-16(12-15-10-9-13(2)11-17(15)21-19)18(23-24)22-20(25)14-7-5-4-6-8-14/h4-12H,3H2,1-2H3,(H,22,23,25). The Morgan fingerprint density at radius 1 is 1.12 bits per heavy atom. The van der Waals surface area contributed by atoms with Gasteiger partial charge < -0.3 is 5.32 Å². The number of anilines is 1. The Labute approximate surface area is 145 Å². The van der Waals surface area contributed by atoms with E-state index < -0.39 is 0 Å². The number of nitrogens with one attached hydrogen (secondary N) is 1. The first-order valence-corrected chi connectivity index (χ1v) is 8.30. The maximum Gasteiger partial charge on any atom is 0.256 e. The van der Waals surface area contributed by atoms with Crippen molar-refractivity contribution in [2.45, 2.75) is 20.4 Å². The van der Waals surface area contributed by atoms with Gasteiger partial charge in [-0.15, -0.1) is 0 Å². The average Bonchev–Trinajstić information content (AvgIpc) is 2.97. The number of benzene rings is 2. The Hall–Kier alpha value is -3.21. The second-order valence-electron chi connectivity index (χ2n) is 6.04. The van der Waals surface area contributed by atoms with Crippen LogP contribution in [0.25, 0.3) is 21.9 Å². The van der Waals surface area contributed by atoms with Crippen LogP contribution in [0.3, 0.4) is 0 Å². The van der Waals surface area contributed by atoms with Gasteiger partial charge in [-0.3, -0.25) is 4.79 Å². The normalized spacial score (nSPS) is 11.1. The molecule has 1 amide bonds. The molecule has 4 aromatic rings. The van der Waals surface area contributed by atoms with E-state index in [1.807, 2.05) is 48.9 Å². The van der Waals surface area contributed by atoms with Crippen LogP contribution in [0.15, 0.2) is 54.6 Å². The lowest BCUT2D eigenvalue weighted by Gasteiger charge is -2.03. The number of aryl methyl sites for hydroxylation is 2. The van der Waals surface area contributed by atoms with Gasteiger partial charge in [0, 0.05) is 17.5 Å². The zero-order chi connectivity index (χ0) is 17.4. The summed E-state index contributed by atoms with van der Waals surface area (Å²) in [6.45, 7) is 4.74. The van der Waals surface area contributed by atoms with Gasteiger partial charge in [0.15, 0.2) is 11.5 Å². The Morgan fingerprint density at radius 2 is 1.92 bits per heavy atom. The fraction of sp³-hybridized carbons (Fsp3) is 0.150. The molecule has 5 heteroatoms. The molecule has 2 aromatic carbocycles. The van der Waals surface area contributed by atoms with Crippen molar-refractivity contribution >= 4 is 33.7 Å². The van der Waals surface area contributed by atoms with E-state index in [1.165, 1.54) is 5.56 Å². The number of hydrogen-bond donors (Lipinski definition) is 1. The summed E-state index contributed by atoms with van der Waals surface area (Å²) in [5, 5.41) is 9.34. The molecule has 0 aliphatic rings. The molecule has 5 nitrogen and oxygen atoms in total. The zero-order valence-corrected chi connectivity index (χ0v) is 14.2. The first-order valence-electron chi connectivity index (χ1n) is 8.30. The Kier molecular flexibility index (Phi) is 3.69. The molecule has 0 bridgehead atoms. The van der Waals surface area contributed by atoms with Gasteiger partial charge in [-0.05, 0) is 43.7 Å². The number of aromatic nitrogens is 3. The van der Waals surface area contributed by atoms with E-state index in [9.17, 15) is 4.79 Å². The molecule has 0 fully saturated rings. The van der Waals surface area contributed by atoms with E-state index in [1.54, 1.807) is 12.1 Å². The molecule has 0 radical (unpaired) electrons. The maximum atomic E-state index is 12.5. The first kappa shape index (κ1) is 15.3. The third-order valence-electron chi connectivity index (χ3n) is 4.24. The number of carbonyl (C=O) groups is 1. The molecule has 0 unspecified atom stereocenters. The number of pyridine rings is 1. The molecular weight excluding hydrogens is 312 g/mol. The lowest BCUT2D eigenvalue weighted by Crippen LogP contribution is -2.12. The highest BCUT2D eigenvalue weighted by Gasteiger charge is 2.15. The summed E-state index contributed by atoms with van der Waals surface area (Å²) in [6.07, 6.45) is 0. The van der Waals surface area contributed by atoms with Crippen molar-refractivity contribution in [1.29, 1.82) is 0 Å². The van der Waals surface area contributed by atoms with Gasteiger partial charge >= 0.3 is 0 Å². The quantitative estimate of drug-likeness (QED) is 0.613. The van der Waals surface area contributed by atoms with Gasteiger partial charge in [0.25, 0.3) is 5.91 Å². The third kappa shape index (κ3) is 2.74. The average molecular weight is 330 g/mol. The smallest absolute Gasteiger partial charge is 0.256 e. The fourth-order valence-electron chi connectivity index (χ4n) is 2.94. The molecule has 0 saturated carbocycles. The lowest BCUT2D eigenvalue weighted by molar-refractivity contribution is 0.102. The van der Waals surface area contributed by atoms with Gasteiger partial charge in [0.1, 0.15) is 0 Å². The van der Waals surface area contributed by atoms with E-state index in [2.05, 4.69) is 22.5 Å². The van der Waals surface area contributed by atoms with Crippen LogP contribution in [0.2, 0.25) is 0 Å². The first-order chi connectivity index (χ1) is 12.2. The molecule has 2 heterocycles. The number of nitrogens with zero attached hydrogens (tertiary/aromatic N) is 3. The summed E-state index contributed by atoms with van der Waals surface area (Å²) in [6, 6.07) is 17.3. The predicted molar refractivity (Wildman–Crippen MR) is 99.8 cm³/mol. The molecule has 1 N–H and O–H groups in total. The van der Waals surface area contributed by atoms with Crippen molar-refractivity contribution in [3.05, 3.63) is 65.7 Å². The topological polar surface area (TPSA) is 59.8 Å². The molecule has 0 aliphatic heterocycles. The van der Waals surface area contributed by atoms with Crippen LogP contribution >= 0.6 is 0 Å². The number of hydrogen-bond acceptors (Lipinski definition) is 3. The van der Waals surface area contributed by atoms with Gasteiger partial charge in [0.2, 0.25) is 0 Å². The Bertz CT molecular complexity index is 1080. The fourth-order valence-corrected chi connectivity index (χ4v) is 2.94. The molecule has 0 saturated heterocycles. The monoisotopic (exact) mass is 330 g/mol. The van der Waals surface area contributed by atoms with Crippen LogP contribution in [0, 0.1) is 6.92 Å². The Balaban J connectivity index is 1.83. The lowest BCUT2D eigenvalue weighted by atomic mass is 10.1. The summed E-state index contributed by atoms with van der Waals surface area (Å²) in [5.41, 5.74) is 3.48. The minimum absolute atomic E-state index is 0.174. The summed E-state index contributed by atoms with van der Waals surface area (Å²) >= 11 is 0. The summed E-state index contributed by atoms with van der Waals surface area (Å²) in [7, 11) is 0.